The average Bonchev–Trinajstić information content (AvgIpc) is 2.64. The maximum absolute atomic E-state index is 9.46. The van der Waals surface area contributed by atoms with Gasteiger partial charge < -0.3 is 15.3 Å². The van der Waals surface area contributed by atoms with Crippen LogP contribution in [0, 0.1) is 0 Å². The number of thioether (sulfide) groups is 1. The minimum absolute atomic E-state index is 0. The Morgan fingerprint density at radius 1 is 1.62 bits per heavy atom. The van der Waals surface area contributed by atoms with Crippen LogP contribution in [0.5, 0.6) is 0 Å². The minimum Gasteiger partial charge on any atom is -0.391 e. The van der Waals surface area contributed by atoms with Gasteiger partial charge in [0.05, 0.1) is 12.6 Å². The fourth-order valence-corrected chi connectivity index (χ4v) is 1.88. The lowest BCUT2D eigenvalue weighted by molar-refractivity contribution is 0.188. The summed E-state index contributed by atoms with van der Waals surface area (Å²) in [5, 5.41) is 12.7. The van der Waals surface area contributed by atoms with Crippen LogP contribution in [0.3, 0.4) is 0 Å². The van der Waals surface area contributed by atoms with E-state index in [1.54, 1.807) is 11.8 Å². The molecule has 0 aromatic carbocycles. The van der Waals surface area contributed by atoms with E-state index < -0.39 is 0 Å². The Labute approximate surface area is 119 Å². The molecule has 0 unspecified atom stereocenters. The second kappa shape index (κ2) is 9.35. The lowest BCUT2D eigenvalue weighted by Gasteiger charge is -2.20. The zero-order valence-corrected chi connectivity index (χ0v) is 13.1. The molecule has 0 amide bonds. The molecule has 1 aliphatic rings. The van der Waals surface area contributed by atoms with E-state index in [1.807, 2.05) is 0 Å². The van der Waals surface area contributed by atoms with Crippen LogP contribution in [-0.4, -0.2) is 60.3 Å². The van der Waals surface area contributed by atoms with E-state index in [0.717, 1.165) is 37.8 Å². The third-order valence-electron chi connectivity index (χ3n) is 2.35. The van der Waals surface area contributed by atoms with Crippen molar-refractivity contribution in [2.45, 2.75) is 19.4 Å². The van der Waals surface area contributed by atoms with E-state index in [1.165, 1.54) is 0 Å². The Balaban J connectivity index is 0.00000225. The van der Waals surface area contributed by atoms with Crippen molar-refractivity contribution < 1.29 is 5.11 Å². The lowest BCUT2D eigenvalue weighted by atomic mass is 10.3. The molecule has 0 aliphatic carbocycles. The van der Waals surface area contributed by atoms with Crippen LogP contribution in [0.15, 0.2) is 4.99 Å². The highest BCUT2D eigenvalue weighted by molar-refractivity contribution is 14.0. The number of aliphatic imine (C=N–C) groups is 1. The smallest absolute Gasteiger partial charge is 0.194 e. The third-order valence-corrected chi connectivity index (χ3v) is 2.95. The Kier molecular flexibility index (Phi) is 9.53. The molecule has 1 fully saturated rings. The first-order valence-corrected chi connectivity index (χ1v) is 6.87. The number of aliphatic hydroxyl groups excluding tert-OH is 1. The summed E-state index contributed by atoms with van der Waals surface area (Å²) in [5.74, 6) is 1.99. The predicted octanol–water partition coefficient (Wildman–Crippen LogP) is 0.999. The molecule has 0 spiro atoms. The second-order valence-corrected chi connectivity index (χ2v) is 4.60. The van der Waals surface area contributed by atoms with E-state index in [0.29, 0.717) is 6.54 Å². The van der Waals surface area contributed by atoms with Gasteiger partial charge in [-0.1, -0.05) is 0 Å². The maximum atomic E-state index is 9.46. The van der Waals surface area contributed by atoms with Gasteiger partial charge in [0.25, 0.3) is 0 Å². The first-order chi connectivity index (χ1) is 7.27. The van der Waals surface area contributed by atoms with Gasteiger partial charge in [-0.05, 0) is 19.6 Å². The summed E-state index contributed by atoms with van der Waals surface area (Å²) in [6.45, 7) is 5.41. The molecule has 0 aromatic rings. The molecule has 1 saturated heterocycles. The van der Waals surface area contributed by atoms with Gasteiger partial charge in [0.2, 0.25) is 0 Å². The van der Waals surface area contributed by atoms with Crippen LogP contribution in [0.4, 0.5) is 0 Å². The number of aliphatic hydroxyl groups is 1. The SMILES string of the molecule is CCNC(=NCCSC)N1CC[C@@H](O)C1.I. The molecular weight excluding hydrogens is 337 g/mol. The van der Waals surface area contributed by atoms with Gasteiger partial charge in [-0.3, -0.25) is 4.99 Å². The van der Waals surface area contributed by atoms with Crippen molar-refractivity contribution in [1.82, 2.24) is 10.2 Å². The summed E-state index contributed by atoms with van der Waals surface area (Å²) in [7, 11) is 0. The van der Waals surface area contributed by atoms with Crippen LogP contribution in [-0.2, 0) is 0 Å². The molecule has 96 valence electrons. The quantitative estimate of drug-likeness (QED) is 0.340. The number of rotatable bonds is 4. The normalized spacial score (nSPS) is 20.8. The molecule has 1 aliphatic heterocycles. The minimum atomic E-state index is -0.186. The highest BCUT2D eigenvalue weighted by atomic mass is 127. The number of guanidine groups is 1. The van der Waals surface area contributed by atoms with E-state index >= 15 is 0 Å². The van der Waals surface area contributed by atoms with Crippen LogP contribution in [0.1, 0.15) is 13.3 Å². The number of hydrogen-bond acceptors (Lipinski definition) is 3. The predicted molar refractivity (Wildman–Crippen MR) is 82.0 cm³/mol. The van der Waals surface area contributed by atoms with Crippen molar-refractivity contribution in [1.29, 1.82) is 0 Å². The van der Waals surface area contributed by atoms with Gasteiger partial charge in [-0.25, -0.2) is 0 Å². The Morgan fingerprint density at radius 3 is 2.88 bits per heavy atom. The third kappa shape index (κ3) is 5.58. The molecule has 6 heteroatoms. The standard InChI is InChI=1S/C10H21N3OS.HI/c1-3-11-10(12-5-7-15-2)13-6-4-9(14)8-13;/h9,14H,3-8H2,1-2H3,(H,11,12);1H/t9-;/m1./s1. The largest absolute Gasteiger partial charge is 0.391 e. The van der Waals surface area contributed by atoms with Gasteiger partial charge in [-0.2, -0.15) is 11.8 Å². The molecule has 0 aromatic heterocycles. The highest BCUT2D eigenvalue weighted by Crippen LogP contribution is 2.08. The molecule has 1 rings (SSSR count). The zero-order chi connectivity index (χ0) is 11.1. The van der Waals surface area contributed by atoms with Crippen LogP contribution >= 0.6 is 35.7 Å². The fraction of sp³-hybridized carbons (Fsp3) is 0.900. The van der Waals surface area contributed by atoms with Crippen molar-refractivity contribution in [2.24, 2.45) is 4.99 Å². The molecule has 1 heterocycles. The van der Waals surface area contributed by atoms with E-state index in [9.17, 15) is 5.11 Å². The van der Waals surface area contributed by atoms with Crippen molar-refractivity contribution in [3.63, 3.8) is 0 Å². The summed E-state index contributed by atoms with van der Waals surface area (Å²) in [6, 6.07) is 0. The first-order valence-electron chi connectivity index (χ1n) is 5.48. The fourth-order valence-electron chi connectivity index (χ4n) is 1.60. The number of β-amino-alcohol motifs (C(OH)–C–C–N with tert-alkyl or cyclic N) is 1. The zero-order valence-electron chi connectivity index (χ0n) is 9.98. The first kappa shape index (κ1) is 16.3. The van der Waals surface area contributed by atoms with Gasteiger partial charge in [0.1, 0.15) is 0 Å². The molecular formula is C10H22IN3OS. The highest BCUT2D eigenvalue weighted by Gasteiger charge is 2.22. The molecule has 4 nitrogen and oxygen atoms in total. The van der Waals surface area contributed by atoms with Crippen LogP contribution in [0.25, 0.3) is 0 Å². The molecule has 0 radical (unpaired) electrons. The average molecular weight is 359 g/mol. The number of nitrogens with one attached hydrogen (secondary N) is 1. The van der Waals surface area contributed by atoms with Crippen LogP contribution in [0.2, 0.25) is 0 Å². The van der Waals surface area contributed by atoms with E-state index in [4.69, 9.17) is 0 Å². The van der Waals surface area contributed by atoms with Crippen molar-refractivity contribution in [2.75, 3.05) is 38.2 Å². The number of likely N-dealkylation sites (tertiary alicyclic amines) is 1. The van der Waals surface area contributed by atoms with Gasteiger partial charge >= 0.3 is 0 Å². The van der Waals surface area contributed by atoms with Crippen LogP contribution < -0.4 is 5.32 Å². The van der Waals surface area contributed by atoms with Crippen molar-refractivity contribution in [3.05, 3.63) is 0 Å². The van der Waals surface area contributed by atoms with E-state index in [2.05, 4.69) is 28.4 Å². The second-order valence-electron chi connectivity index (χ2n) is 3.62. The summed E-state index contributed by atoms with van der Waals surface area (Å²) < 4.78 is 0. The Morgan fingerprint density at radius 2 is 2.38 bits per heavy atom. The maximum Gasteiger partial charge on any atom is 0.194 e. The molecule has 0 saturated carbocycles. The molecule has 0 bridgehead atoms. The summed E-state index contributed by atoms with van der Waals surface area (Å²) in [5.41, 5.74) is 0. The Hall–Kier alpha value is 0.310. The summed E-state index contributed by atoms with van der Waals surface area (Å²) in [6.07, 6.45) is 2.75. The summed E-state index contributed by atoms with van der Waals surface area (Å²) >= 11 is 1.80. The lowest BCUT2D eigenvalue weighted by Crippen LogP contribution is -2.40. The van der Waals surface area contributed by atoms with E-state index in [-0.39, 0.29) is 30.1 Å². The monoisotopic (exact) mass is 359 g/mol. The summed E-state index contributed by atoms with van der Waals surface area (Å²) in [4.78, 5) is 6.65. The molecule has 1 atom stereocenters. The number of nitrogens with zero attached hydrogens (tertiary/aromatic N) is 2. The van der Waals surface area contributed by atoms with Gasteiger partial charge in [-0.15, -0.1) is 24.0 Å². The molecule has 2 N–H and O–H groups in total. The molecule has 16 heavy (non-hydrogen) atoms. The van der Waals surface area contributed by atoms with Crippen molar-refractivity contribution >= 4 is 41.7 Å². The number of hydrogen-bond donors (Lipinski definition) is 2. The van der Waals surface area contributed by atoms with Gasteiger partial charge in [0, 0.05) is 25.4 Å². The number of halogens is 1. The van der Waals surface area contributed by atoms with Gasteiger partial charge in [0.15, 0.2) is 5.96 Å². The Bertz CT molecular complexity index is 216. The topological polar surface area (TPSA) is 47.9 Å². The van der Waals surface area contributed by atoms with Crippen molar-refractivity contribution in [3.8, 4) is 0 Å².